The second-order valence-electron chi connectivity index (χ2n) is 4.69. The zero-order valence-electron chi connectivity index (χ0n) is 11.1. The molecule has 1 atom stereocenters. The highest BCUT2D eigenvalue weighted by Gasteiger charge is 2.13. The van der Waals surface area contributed by atoms with Crippen LogP contribution in [0.15, 0.2) is 53.0 Å². The summed E-state index contributed by atoms with van der Waals surface area (Å²) in [5.74, 6) is -0.204. The van der Waals surface area contributed by atoms with E-state index < -0.39 is 6.10 Å². The Morgan fingerprint density at radius 2 is 1.75 bits per heavy atom. The van der Waals surface area contributed by atoms with E-state index in [4.69, 9.17) is 0 Å². The van der Waals surface area contributed by atoms with Crippen LogP contribution in [0, 0.1) is 6.92 Å². The normalized spacial score (nSPS) is 11.9. The number of hydrogen-bond donors (Lipinski definition) is 2. The summed E-state index contributed by atoms with van der Waals surface area (Å²) in [7, 11) is 0. The van der Waals surface area contributed by atoms with Crippen molar-refractivity contribution in [2.75, 3.05) is 5.32 Å². The average molecular weight is 334 g/mol. The van der Waals surface area contributed by atoms with Gasteiger partial charge in [-0.1, -0.05) is 45.8 Å². The van der Waals surface area contributed by atoms with E-state index >= 15 is 0 Å². The van der Waals surface area contributed by atoms with Crippen molar-refractivity contribution in [3.05, 3.63) is 64.1 Å². The van der Waals surface area contributed by atoms with Crippen LogP contribution in [0.25, 0.3) is 0 Å². The number of aryl methyl sites for hydroxylation is 1. The second-order valence-corrected chi connectivity index (χ2v) is 5.60. The number of benzene rings is 2. The summed E-state index contributed by atoms with van der Waals surface area (Å²) in [6.07, 6.45) is -0.760. The van der Waals surface area contributed by atoms with Gasteiger partial charge in [-0.15, -0.1) is 0 Å². The molecule has 0 saturated carbocycles. The van der Waals surface area contributed by atoms with Crippen molar-refractivity contribution in [1.82, 2.24) is 0 Å². The molecule has 0 aliphatic carbocycles. The predicted molar refractivity (Wildman–Crippen MR) is 83.5 cm³/mol. The van der Waals surface area contributed by atoms with Crippen molar-refractivity contribution < 1.29 is 9.90 Å². The van der Waals surface area contributed by atoms with Crippen molar-refractivity contribution in [3.63, 3.8) is 0 Å². The molecule has 104 valence electrons. The molecule has 0 fully saturated rings. The summed E-state index contributed by atoms with van der Waals surface area (Å²) in [5, 5.41) is 12.8. The lowest BCUT2D eigenvalue weighted by Gasteiger charge is -2.11. The molecule has 20 heavy (non-hydrogen) atoms. The van der Waals surface area contributed by atoms with E-state index in [1.54, 1.807) is 12.1 Å². The Kier molecular flexibility index (Phi) is 4.93. The van der Waals surface area contributed by atoms with Crippen LogP contribution in [0.5, 0.6) is 0 Å². The largest absolute Gasteiger partial charge is 0.388 e. The molecule has 0 aliphatic heterocycles. The van der Waals surface area contributed by atoms with Gasteiger partial charge in [0, 0.05) is 10.2 Å². The molecule has 1 amide bonds. The Hall–Kier alpha value is -1.65. The van der Waals surface area contributed by atoms with Crippen LogP contribution < -0.4 is 5.32 Å². The van der Waals surface area contributed by atoms with Crippen LogP contribution in [0.1, 0.15) is 23.7 Å². The molecule has 2 aromatic rings. The van der Waals surface area contributed by atoms with Crippen LogP contribution in [0.2, 0.25) is 0 Å². The number of nitrogens with one attached hydrogen (secondary N) is 1. The molecule has 2 aromatic carbocycles. The molecule has 0 radical (unpaired) electrons. The summed E-state index contributed by atoms with van der Waals surface area (Å²) in [4.78, 5) is 11.9. The third-order valence-corrected chi connectivity index (χ3v) is 3.50. The standard InChI is InChI=1S/C16H16BrNO2/c1-11-2-8-14(9-3-11)18-16(20)10-15(19)12-4-6-13(17)7-5-12/h2-9,15,19H,10H2,1H3,(H,18,20). The van der Waals surface area contributed by atoms with E-state index in [0.29, 0.717) is 0 Å². The van der Waals surface area contributed by atoms with E-state index in [2.05, 4.69) is 21.2 Å². The minimum atomic E-state index is -0.798. The molecule has 0 aliphatic rings. The van der Waals surface area contributed by atoms with Gasteiger partial charge in [-0.3, -0.25) is 4.79 Å². The summed E-state index contributed by atoms with van der Waals surface area (Å²) < 4.78 is 0.942. The van der Waals surface area contributed by atoms with Crippen LogP contribution in [0.3, 0.4) is 0 Å². The first-order valence-corrected chi connectivity index (χ1v) is 7.14. The van der Waals surface area contributed by atoms with Crippen molar-refractivity contribution in [3.8, 4) is 0 Å². The van der Waals surface area contributed by atoms with Gasteiger partial charge in [0.2, 0.25) is 5.91 Å². The van der Waals surface area contributed by atoms with Gasteiger partial charge in [0.05, 0.1) is 12.5 Å². The van der Waals surface area contributed by atoms with E-state index in [9.17, 15) is 9.90 Å². The monoisotopic (exact) mass is 333 g/mol. The van der Waals surface area contributed by atoms with Crippen LogP contribution in [-0.2, 0) is 4.79 Å². The lowest BCUT2D eigenvalue weighted by Crippen LogP contribution is -2.15. The van der Waals surface area contributed by atoms with Gasteiger partial charge in [-0.05, 0) is 36.8 Å². The highest BCUT2D eigenvalue weighted by molar-refractivity contribution is 9.10. The first-order valence-electron chi connectivity index (χ1n) is 6.34. The molecular weight excluding hydrogens is 318 g/mol. The van der Waals surface area contributed by atoms with Crippen molar-refractivity contribution >= 4 is 27.5 Å². The van der Waals surface area contributed by atoms with Gasteiger partial charge in [-0.2, -0.15) is 0 Å². The number of amides is 1. The molecule has 0 bridgehead atoms. The van der Waals surface area contributed by atoms with E-state index in [1.165, 1.54) is 0 Å². The Morgan fingerprint density at radius 3 is 2.35 bits per heavy atom. The summed E-state index contributed by atoms with van der Waals surface area (Å²) >= 11 is 3.33. The first-order chi connectivity index (χ1) is 9.54. The molecule has 1 unspecified atom stereocenters. The van der Waals surface area contributed by atoms with Gasteiger partial charge in [-0.25, -0.2) is 0 Å². The zero-order valence-corrected chi connectivity index (χ0v) is 12.7. The molecule has 3 nitrogen and oxygen atoms in total. The van der Waals surface area contributed by atoms with Gasteiger partial charge in [0.1, 0.15) is 0 Å². The van der Waals surface area contributed by atoms with E-state index in [-0.39, 0.29) is 12.3 Å². The minimum Gasteiger partial charge on any atom is -0.388 e. The number of carbonyl (C=O) groups excluding carboxylic acids is 1. The maximum absolute atomic E-state index is 11.9. The van der Waals surface area contributed by atoms with E-state index in [0.717, 1.165) is 21.3 Å². The molecule has 2 rings (SSSR count). The molecule has 0 heterocycles. The molecular formula is C16H16BrNO2. The number of aliphatic hydroxyl groups excluding tert-OH is 1. The number of halogens is 1. The van der Waals surface area contributed by atoms with Gasteiger partial charge >= 0.3 is 0 Å². The smallest absolute Gasteiger partial charge is 0.227 e. The number of carbonyl (C=O) groups is 1. The Balaban J connectivity index is 1.93. The van der Waals surface area contributed by atoms with Crippen molar-refractivity contribution in [2.45, 2.75) is 19.4 Å². The zero-order chi connectivity index (χ0) is 14.5. The summed E-state index contributed by atoms with van der Waals surface area (Å²) in [6.45, 7) is 1.99. The summed E-state index contributed by atoms with van der Waals surface area (Å²) in [5.41, 5.74) is 2.61. The minimum absolute atomic E-state index is 0.0372. The number of aliphatic hydroxyl groups is 1. The molecule has 2 N–H and O–H groups in total. The molecule has 0 spiro atoms. The SMILES string of the molecule is Cc1ccc(NC(=O)CC(O)c2ccc(Br)cc2)cc1. The molecule has 0 saturated heterocycles. The lowest BCUT2D eigenvalue weighted by molar-refractivity contribution is -0.118. The van der Waals surface area contributed by atoms with Gasteiger partial charge in [0.15, 0.2) is 0 Å². The maximum Gasteiger partial charge on any atom is 0.227 e. The van der Waals surface area contributed by atoms with Crippen LogP contribution in [-0.4, -0.2) is 11.0 Å². The van der Waals surface area contributed by atoms with Gasteiger partial charge in [0.25, 0.3) is 0 Å². The Bertz CT molecular complexity index is 578. The maximum atomic E-state index is 11.9. The first kappa shape index (κ1) is 14.8. The second kappa shape index (κ2) is 6.68. The molecule has 4 heteroatoms. The third-order valence-electron chi connectivity index (χ3n) is 2.97. The average Bonchev–Trinajstić information content (AvgIpc) is 2.42. The van der Waals surface area contributed by atoms with Crippen molar-refractivity contribution in [2.24, 2.45) is 0 Å². The summed E-state index contributed by atoms with van der Waals surface area (Å²) in [6, 6.07) is 14.8. The highest BCUT2D eigenvalue weighted by atomic mass is 79.9. The quantitative estimate of drug-likeness (QED) is 0.893. The number of rotatable bonds is 4. The predicted octanol–water partition coefficient (Wildman–Crippen LogP) is 3.82. The number of anilines is 1. The van der Waals surface area contributed by atoms with Gasteiger partial charge < -0.3 is 10.4 Å². The fourth-order valence-corrected chi connectivity index (χ4v) is 2.09. The highest BCUT2D eigenvalue weighted by Crippen LogP contribution is 2.20. The van der Waals surface area contributed by atoms with Crippen molar-refractivity contribution in [1.29, 1.82) is 0 Å². The Morgan fingerprint density at radius 1 is 1.15 bits per heavy atom. The van der Waals surface area contributed by atoms with Crippen LogP contribution >= 0.6 is 15.9 Å². The fraction of sp³-hybridized carbons (Fsp3) is 0.188. The number of hydrogen-bond acceptors (Lipinski definition) is 2. The van der Waals surface area contributed by atoms with Crippen LogP contribution in [0.4, 0.5) is 5.69 Å². The third kappa shape index (κ3) is 4.18. The molecule has 0 aromatic heterocycles. The van der Waals surface area contributed by atoms with E-state index in [1.807, 2.05) is 43.3 Å². The lowest BCUT2D eigenvalue weighted by atomic mass is 10.1. The fourth-order valence-electron chi connectivity index (χ4n) is 1.83. The topological polar surface area (TPSA) is 49.3 Å². The Labute approximate surface area is 126 Å².